The van der Waals surface area contributed by atoms with Gasteiger partial charge in [0.05, 0.1) is 20.8 Å². The lowest BCUT2D eigenvalue weighted by Gasteiger charge is -2.39. The van der Waals surface area contributed by atoms with Gasteiger partial charge in [-0.2, -0.15) is 0 Å². The first kappa shape index (κ1) is 23.8. The highest BCUT2D eigenvalue weighted by molar-refractivity contribution is 5.87. The number of methoxy groups -OCH3 is 2. The molecule has 1 saturated heterocycles. The first-order valence-corrected chi connectivity index (χ1v) is 10.3. The van der Waals surface area contributed by atoms with Gasteiger partial charge in [-0.3, -0.25) is 4.79 Å². The van der Waals surface area contributed by atoms with Crippen LogP contribution in [0.5, 0.6) is 23.0 Å². The average molecular weight is 476 g/mol. The van der Waals surface area contributed by atoms with E-state index < -0.39 is 42.7 Å². The summed E-state index contributed by atoms with van der Waals surface area (Å²) in [6.07, 6.45) is -7.49. The van der Waals surface area contributed by atoms with Crippen LogP contribution in [0, 0.1) is 0 Å². The van der Waals surface area contributed by atoms with E-state index in [0.29, 0.717) is 0 Å². The summed E-state index contributed by atoms with van der Waals surface area (Å²) in [5.41, 5.74) is -0.312. The van der Waals surface area contributed by atoms with Crippen molar-refractivity contribution in [3.63, 3.8) is 0 Å². The molecule has 0 bridgehead atoms. The van der Waals surface area contributed by atoms with Crippen LogP contribution in [0.4, 0.5) is 0 Å². The van der Waals surface area contributed by atoms with E-state index in [1.54, 1.807) is 12.1 Å². The Kier molecular flexibility index (Phi) is 6.64. The first-order chi connectivity index (χ1) is 16.3. The molecule has 5 atom stereocenters. The Balaban J connectivity index is 1.82. The SMILES string of the molecule is COc1cc(O)c2c(=O)cc(-c3c(OC)cccc3O[C@H]3O[C@@H](CO)[C@H](O)[C@@H](O)[C@@H]3O)oc2c1. The second-order valence-electron chi connectivity index (χ2n) is 7.64. The van der Waals surface area contributed by atoms with Crippen molar-refractivity contribution in [1.29, 1.82) is 0 Å². The molecule has 11 nitrogen and oxygen atoms in total. The molecule has 1 fully saturated rings. The zero-order chi connectivity index (χ0) is 24.6. The molecule has 182 valence electrons. The number of phenols is 1. The second-order valence-corrected chi connectivity index (χ2v) is 7.64. The van der Waals surface area contributed by atoms with Crippen molar-refractivity contribution in [2.45, 2.75) is 30.7 Å². The van der Waals surface area contributed by atoms with E-state index in [1.165, 1.54) is 32.4 Å². The van der Waals surface area contributed by atoms with E-state index >= 15 is 0 Å². The fourth-order valence-electron chi connectivity index (χ4n) is 3.80. The van der Waals surface area contributed by atoms with Crippen LogP contribution in [-0.4, -0.2) is 77.1 Å². The number of rotatable bonds is 6. The predicted octanol–water partition coefficient (Wildman–Crippen LogP) is 0.361. The van der Waals surface area contributed by atoms with Crippen LogP contribution >= 0.6 is 0 Å². The molecule has 2 aromatic carbocycles. The molecular formula is C23H24O11. The van der Waals surface area contributed by atoms with Crippen LogP contribution in [0.15, 0.2) is 45.6 Å². The predicted molar refractivity (Wildman–Crippen MR) is 117 cm³/mol. The van der Waals surface area contributed by atoms with E-state index in [9.17, 15) is 30.3 Å². The van der Waals surface area contributed by atoms with Gasteiger partial charge in [-0.25, -0.2) is 0 Å². The van der Waals surface area contributed by atoms with E-state index in [4.69, 9.17) is 23.4 Å². The summed E-state index contributed by atoms with van der Waals surface area (Å²) in [6, 6.07) is 8.53. The van der Waals surface area contributed by atoms with Crippen molar-refractivity contribution in [1.82, 2.24) is 0 Å². The largest absolute Gasteiger partial charge is 0.507 e. The number of aliphatic hydroxyl groups is 4. The lowest BCUT2D eigenvalue weighted by atomic mass is 9.99. The van der Waals surface area contributed by atoms with Gasteiger partial charge in [0.2, 0.25) is 6.29 Å². The Hall–Kier alpha value is -3.35. The maximum absolute atomic E-state index is 12.8. The Labute approximate surface area is 192 Å². The van der Waals surface area contributed by atoms with Crippen LogP contribution < -0.4 is 19.6 Å². The topological polar surface area (TPSA) is 168 Å². The summed E-state index contributed by atoms with van der Waals surface area (Å²) in [4.78, 5) is 12.8. The van der Waals surface area contributed by atoms with E-state index in [1.807, 2.05) is 0 Å². The van der Waals surface area contributed by atoms with Gasteiger partial charge in [-0.1, -0.05) is 6.07 Å². The van der Waals surface area contributed by atoms with Crippen molar-refractivity contribution in [3.05, 3.63) is 46.6 Å². The highest BCUT2D eigenvalue weighted by Crippen LogP contribution is 2.41. The minimum Gasteiger partial charge on any atom is -0.507 e. The summed E-state index contributed by atoms with van der Waals surface area (Å²) < 4.78 is 27.7. The van der Waals surface area contributed by atoms with Gasteiger partial charge >= 0.3 is 0 Å². The van der Waals surface area contributed by atoms with Crippen LogP contribution in [-0.2, 0) is 4.74 Å². The molecule has 3 aromatic rings. The number of fused-ring (bicyclic) bond motifs is 1. The number of phenolic OH excluding ortho intramolecular Hbond substituents is 1. The summed E-state index contributed by atoms with van der Waals surface area (Å²) in [7, 11) is 2.79. The molecule has 34 heavy (non-hydrogen) atoms. The summed E-state index contributed by atoms with van der Waals surface area (Å²) in [6.45, 7) is -0.624. The Bertz CT molecular complexity index is 1240. The van der Waals surface area contributed by atoms with Crippen LogP contribution in [0.2, 0.25) is 0 Å². The highest BCUT2D eigenvalue weighted by Gasteiger charge is 2.45. The number of aromatic hydroxyl groups is 1. The van der Waals surface area contributed by atoms with Crippen LogP contribution in [0.3, 0.4) is 0 Å². The quantitative estimate of drug-likeness (QED) is 0.333. The maximum Gasteiger partial charge on any atom is 0.229 e. The molecule has 0 amide bonds. The molecule has 0 spiro atoms. The van der Waals surface area contributed by atoms with E-state index in [0.717, 1.165) is 6.07 Å². The number of hydrogen-bond acceptors (Lipinski definition) is 11. The standard InChI is InChI=1S/C23H24O11/c1-30-10-6-11(25)18-12(26)8-16(32-15(18)7-10)19-13(31-2)4-3-5-14(19)33-23-22(29)21(28)20(27)17(9-24)34-23/h3-8,17,20-25,27-29H,9H2,1-2H3/t17-,20-,21+,22-,23-/m0/s1. The molecule has 4 rings (SSSR count). The number of aliphatic hydroxyl groups excluding tert-OH is 4. The van der Waals surface area contributed by atoms with E-state index in [2.05, 4.69) is 0 Å². The molecule has 0 unspecified atom stereocenters. The van der Waals surface area contributed by atoms with Crippen molar-refractivity contribution in [2.24, 2.45) is 0 Å². The molecule has 5 N–H and O–H groups in total. The minimum atomic E-state index is -1.65. The van der Waals surface area contributed by atoms with Gasteiger partial charge in [-0.15, -0.1) is 0 Å². The minimum absolute atomic E-state index is 0.0159. The smallest absolute Gasteiger partial charge is 0.229 e. The number of benzene rings is 2. The molecule has 1 aromatic heterocycles. The fourth-order valence-corrected chi connectivity index (χ4v) is 3.80. The summed E-state index contributed by atoms with van der Waals surface area (Å²) in [5.74, 6) is 0.271. The lowest BCUT2D eigenvalue weighted by Crippen LogP contribution is -2.60. The molecule has 0 radical (unpaired) electrons. The first-order valence-electron chi connectivity index (χ1n) is 10.3. The molecule has 0 aliphatic carbocycles. The van der Waals surface area contributed by atoms with Gasteiger partial charge in [0, 0.05) is 18.2 Å². The maximum atomic E-state index is 12.8. The van der Waals surface area contributed by atoms with Crippen molar-refractivity contribution >= 4 is 11.0 Å². The van der Waals surface area contributed by atoms with E-state index in [-0.39, 0.29) is 45.3 Å². The Morgan fingerprint density at radius 1 is 0.971 bits per heavy atom. The third kappa shape index (κ3) is 4.15. The molecule has 0 saturated carbocycles. The number of hydrogen-bond donors (Lipinski definition) is 5. The zero-order valence-corrected chi connectivity index (χ0v) is 18.2. The normalized spacial score (nSPS) is 24.7. The van der Waals surface area contributed by atoms with Gasteiger partial charge in [-0.05, 0) is 12.1 Å². The summed E-state index contributed by atoms with van der Waals surface area (Å²) in [5, 5.41) is 50.0. The fraction of sp³-hybridized carbons (Fsp3) is 0.348. The second kappa shape index (κ2) is 9.49. The van der Waals surface area contributed by atoms with Gasteiger partial charge in [0.25, 0.3) is 0 Å². The third-order valence-electron chi connectivity index (χ3n) is 5.56. The average Bonchev–Trinajstić information content (AvgIpc) is 2.83. The third-order valence-corrected chi connectivity index (χ3v) is 5.56. The molecule has 11 heteroatoms. The molecule has 1 aliphatic rings. The zero-order valence-electron chi connectivity index (χ0n) is 18.2. The molecule has 2 heterocycles. The molecular weight excluding hydrogens is 452 g/mol. The Morgan fingerprint density at radius 3 is 2.38 bits per heavy atom. The molecule has 1 aliphatic heterocycles. The highest BCUT2D eigenvalue weighted by atomic mass is 16.7. The number of ether oxygens (including phenoxy) is 4. The van der Waals surface area contributed by atoms with Gasteiger partial charge in [0.15, 0.2) is 5.43 Å². The van der Waals surface area contributed by atoms with Crippen molar-refractivity contribution in [3.8, 4) is 34.3 Å². The monoisotopic (exact) mass is 476 g/mol. The van der Waals surface area contributed by atoms with Gasteiger partial charge in [0.1, 0.15) is 69.7 Å². The summed E-state index contributed by atoms with van der Waals surface area (Å²) >= 11 is 0. The van der Waals surface area contributed by atoms with Gasteiger partial charge < -0.3 is 48.9 Å². The van der Waals surface area contributed by atoms with Crippen molar-refractivity contribution < 1.29 is 48.9 Å². The van der Waals surface area contributed by atoms with Crippen LogP contribution in [0.1, 0.15) is 0 Å². The van der Waals surface area contributed by atoms with Crippen LogP contribution in [0.25, 0.3) is 22.3 Å². The lowest BCUT2D eigenvalue weighted by molar-refractivity contribution is -0.277. The Morgan fingerprint density at radius 2 is 1.71 bits per heavy atom. The van der Waals surface area contributed by atoms with Crippen molar-refractivity contribution in [2.75, 3.05) is 20.8 Å².